The van der Waals surface area contributed by atoms with Crippen LogP contribution in [0.1, 0.15) is 11.1 Å². The van der Waals surface area contributed by atoms with E-state index < -0.39 is 0 Å². The molecule has 1 aromatic carbocycles. The predicted molar refractivity (Wildman–Crippen MR) is 61.9 cm³/mol. The molecule has 2 rings (SSSR count). The van der Waals surface area contributed by atoms with E-state index in [9.17, 15) is 9.18 Å². The fraction of sp³-hybridized carbons (Fsp3) is 0.154. The number of hydrogen-bond acceptors (Lipinski definition) is 1. The van der Waals surface area contributed by atoms with Gasteiger partial charge in [-0.1, -0.05) is 6.07 Å². The molecule has 2 nitrogen and oxygen atoms in total. The smallest absolute Gasteiger partial charge is 0.251 e. The highest BCUT2D eigenvalue weighted by Gasteiger charge is 2.03. The second-order valence-corrected chi connectivity index (χ2v) is 3.85. The zero-order valence-electron chi connectivity index (χ0n) is 9.17. The van der Waals surface area contributed by atoms with E-state index in [1.165, 1.54) is 6.07 Å². The molecule has 0 unspecified atom stereocenters. The number of aromatic amines is 1. The van der Waals surface area contributed by atoms with Gasteiger partial charge in [-0.2, -0.15) is 0 Å². The van der Waals surface area contributed by atoms with Crippen molar-refractivity contribution in [2.24, 2.45) is 0 Å². The fourth-order valence-corrected chi connectivity index (χ4v) is 1.53. The van der Waals surface area contributed by atoms with Gasteiger partial charge in [-0.05, 0) is 49.2 Å². The molecule has 0 radical (unpaired) electrons. The number of aromatic nitrogens is 1. The maximum atomic E-state index is 13.1. The Morgan fingerprint density at radius 1 is 1.06 bits per heavy atom. The number of benzene rings is 1. The van der Waals surface area contributed by atoms with Crippen LogP contribution in [0.5, 0.6) is 0 Å². The summed E-state index contributed by atoms with van der Waals surface area (Å²) in [6.45, 7) is 3.45. The second kappa shape index (κ2) is 3.93. The summed E-state index contributed by atoms with van der Waals surface area (Å²) in [5.41, 5.74) is 2.65. The molecule has 1 aromatic heterocycles. The first kappa shape index (κ1) is 10.6. The van der Waals surface area contributed by atoms with Gasteiger partial charge in [0.1, 0.15) is 5.82 Å². The lowest BCUT2D eigenvalue weighted by Gasteiger charge is -2.04. The summed E-state index contributed by atoms with van der Waals surface area (Å²) < 4.78 is 13.1. The fourth-order valence-electron chi connectivity index (χ4n) is 1.53. The van der Waals surface area contributed by atoms with Crippen molar-refractivity contribution in [2.75, 3.05) is 0 Å². The number of hydrogen-bond donors (Lipinski definition) is 1. The molecule has 2 aromatic rings. The van der Waals surface area contributed by atoms with E-state index in [-0.39, 0.29) is 11.4 Å². The highest BCUT2D eigenvalue weighted by Crippen LogP contribution is 2.18. The standard InChI is InChI=1S/C13H12FNO/c1-8-3-6-12(15-13(8)16)10-4-5-11(14)9(2)7-10/h3-7H,1-2H3,(H,15,16). The highest BCUT2D eigenvalue weighted by atomic mass is 19.1. The minimum absolute atomic E-state index is 0.112. The number of rotatable bonds is 1. The van der Waals surface area contributed by atoms with Crippen LogP contribution in [-0.2, 0) is 0 Å². The lowest BCUT2D eigenvalue weighted by molar-refractivity contribution is 0.619. The molecule has 0 saturated heterocycles. The molecule has 82 valence electrons. The second-order valence-electron chi connectivity index (χ2n) is 3.85. The van der Waals surface area contributed by atoms with Crippen molar-refractivity contribution in [2.45, 2.75) is 13.8 Å². The van der Waals surface area contributed by atoms with E-state index in [2.05, 4.69) is 4.98 Å². The Hall–Kier alpha value is -1.90. The van der Waals surface area contributed by atoms with Crippen molar-refractivity contribution in [1.82, 2.24) is 4.98 Å². The van der Waals surface area contributed by atoms with Gasteiger partial charge >= 0.3 is 0 Å². The Balaban J connectivity index is 2.55. The molecule has 0 atom stereocenters. The molecule has 1 heterocycles. The summed E-state index contributed by atoms with van der Waals surface area (Å²) in [5.74, 6) is -0.238. The first-order valence-electron chi connectivity index (χ1n) is 5.04. The van der Waals surface area contributed by atoms with Crippen LogP contribution in [0, 0.1) is 19.7 Å². The van der Waals surface area contributed by atoms with Crippen molar-refractivity contribution in [3.63, 3.8) is 0 Å². The summed E-state index contributed by atoms with van der Waals surface area (Å²) in [6, 6.07) is 8.36. The molecule has 1 N–H and O–H groups in total. The third kappa shape index (κ3) is 1.89. The third-order valence-electron chi connectivity index (χ3n) is 2.58. The van der Waals surface area contributed by atoms with Crippen molar-refractivity contribution in [3.8, 4) is 11.3 Å². The predicted octanol–water partition coefficient (Wildman–Crippen LogP) is 2.80. The Bertz CT molecular complexity index is 587. The minimum Gasteiger partial charge on any atom is -0.322 e. The van der Waals surface area contributed by atoms with E-state index in [4.69, 9.17) is 0 Å². The molecule has 0 fully saturated rings. The molecule has 0 saturated carbocycles. The normalized spacial score (nSPS) is 10.4. The Morgan fingerprint density at radius 2 is 1.81 bits per heavy atom. The van der Waals surface area contributed by atoms with Crippen LogP contribution in [0.4, 0.5) is 4.39 Å². The SMILES string of the molecule is Cc1cc(-c2ccc(C)c(=O)[nH]2)ccc1F. The molecule has 0 amide bonds. The van der Waals surface area contributed by atoms with Gasteiger partial charge < -0.3 is 4.98 Å². The lowest BCUT2D eigenvalue weighted by atomic mass is 10.1. The van der Waals surface area contributed by atoms with Crippen LogP contribution in [0.15, 0.2) is 35.1 Å². The van der Waals surface area contributed by atoms with Crippen molar-refractivity contribution >= 4 is 0 Å². The van der Waals surface area contributed by atoms with Gasteiger partial charge in [-0.15, -0.1) is 0 Å². The average molecular weight is 217 g/mol. The molecule has 3 heteroatoms. The summed E-state index contributed by atoms with van der Waals surface area (Å²) in [7, 11) is 0. The monoisotopic (exact) mass is 217 g/mol. The zero-order chi connectivity index (χ0) is 11.7. The van der Waals surface area contributed by atoms with Crippen LogP contribution in [0.3, 0.4) is 0 Å². The molecule has 16 heavy (non-hydrogen) atoms. The maximum Gasteiger partial charge on any atom is 0.251 e. The molecule has 0 aliphatic rings. The van der Waals surface area contributed by atoms with Gasteiger partial charge in [0.2, 0.25) is 0 Å². The zero-order valence-corrected chi connectivity index (χ0v) is 9.17. The van der Waals surface area contributed by atoms with E-state index in [0.717, 1.165) is 5.56 Å². The van der Waals surface area contributed by atoms with Crippen molar-refractivity contribution in [3.05, 3.63) is 57.6 Å². The number of aryl methyl sites for hydroxylation is 2. The van der Waals surface area contributed by atoms with Crippen LogP contribution in [0.25, 0.3) is 11.3 Å². The van der Waals surface area contributed by atoms with E-state index in [0.29, 0.717) is 16.8 Å². The van der Waals surface area contributed by atoms with Gasteiger partial charge in [0.15, 0.2) is 0 Å². The van der Waals surface area contributed by atoms with Crippen molar-refractivity contribution in [1.29, 1.82) is 0 Å². The molecule has 0 aliphatic carbocycles. The van der Waals surface area contributed by atoms with Gasteiger partial charge in [0, 0.05) is 11.3 Å². The summed E-state index contributed by atoms with van der Waals surface area (Å²) >= 11 is 0. The highest BCUT2D eigenvalue weighted by molar-refractivity contribution is 5.60. The summed E-state index contributed by atoms with van der Waals surface area (Å²) in [6.07, 6.45) is 0. The Morgan fingerprint density at radius 3 is 2.44 bits per heavy atom. The van der Waals surface area contributed by atoms with Crippen LogP contribution >= 0.6 is 0 Å². The van der Waals surface area contributed by atoms with Crippen LogP contribution < -0.4 is 5.56 Å². The number of H-pyrrole nitrogens is 1. The Kier molecular flexibility index (Phi) is 2.60. The van der Waals surface area contributed by atoms with Gasteiger partial charge in [0.25, 0.3) is 5.56 Å². The molecular formula is C13H12FNO. The quantitative estimate of drug-likeness (QED) is 0.782. The molecule has 0 spiro atoms. The van der Waals surface area contributed by atoms with E-state index >= 15 is 0 Å². The topological polar surface area (TPSA) is 32.9 Å². The van der Waals surface area contributed by atoms with Crippen LogP contribution in [0.2, 0.25) is 0 Å². The number of pyridine rings is 1. The molecule has 0 aliphatic heterocycles. The first-order chi connectivity index (χ1) is 7.58. The van der Waals surface area contributed by atoms with E-state index in [1.807, 2.05) is 6.07 Å². The molecular weight excluding hydrogens is 205 g/mol. The Labute approximate surface area is 92.8 Å². The summed E-state index contributed by atoms with van der Waals surface area (Å²) in [5, 5.41) is 0. The third-order valence-corrected chi connectivity index (χ3v) is 2.58. The average Bonchev–Trinajstić information content (AvgIpc) is 2.26. The van der Waals surface area contributed by atoms with Gasteiger partial charge in [-0.3, -0.25) is 4.79 Å². The van der Waals surface area contributed by atoms with Gasteiger partial charge in [0.05, 0.1) is 0 Å². The summed E-state index contributed by atoms with van der Waals surface area (Å²) in [4.78, 5) is 14.2. The number of halogens is 1. The van der Waals surface area contributed by atoms with Crippen molar-refractivity contribution < 1.29 is 4.39 Å². The number of nitrogens with one attached hydrogen (secondary N) is 1. The molecule has 0 bridgehead atoms. The first-order valence-corrected chi connectivity index (χ1v) is 5.04. The lowest BCUT2D eigenvalue weighted by Crippen LogP contribution is -2.09. The minimum atomic E-state index is -0.238. The van der Waals surface area contributed by atoms with Crippen LogP contribution in [-0.4, -0.2) is 4.98 Å². The van der Waals surface area contributed by atoms with Gasteiger partial charge in [-0.25, -0.2) is 4.39 Å². The maximum absolute atomic E-state index is 13.1. The van der Waals surface area contributed by atoms with E-state index in [1.54, 1.807) is 32.0 Å². The largest absolute Gasteiger partial charge is 0.322 e.